The Bertz CT molecular complexity index is 643. The van der Waals surface area contributed by atoms with Crippen molar-refractivity contribution in [1.29, 1.82) is 0 Å². The molecule has 0 unspecified atom stereocenters. The molecule has 22 heavy (non-hydrogen) atoms. The Hall–Kier alpha value is -2.17. The zero-order valence-corrected chi connectivity index (χ0v) is 12.7. The molecule has 0 spiro atoms. The maximum absolute atomic E-state index is 12.0. The van der Waals surface area contributed by atoms with E-state index in [-0.39, 0.29) is 5.91 Å². The van der Waals surface area contributed by atoms with Crippen LogP contribution in [-0.4, -0.2) is 31.0 Å². The van der Waals surface area contributed by atoms with Crippen molar-refractivity contribution < 1.29 is 9.63 Å². The number of rotatable bonds is 6. The van der Waals surface area contributed by atoms with Crippen molar-refractivity contribution in [3.63, 3.8) is 0 Å². The van der Waals surface area contributed by atoms with Crippen LogP contribution in [0.2, 0.25) is 0 Å². The predicted octanol–water partition coefficient (Wildman–Crippen LogP) is 2.64. The molecule has 114 valence electrons. The number of hydroxylamine groups is 1. The van der Waals surface area contributed by atoms with Crippen LogP contribution in [-0.2, 0) is 22.6 Å². The summed E-state index contributed by atoms with van der Waals surface area (Å²) in [6.45, 7) is 2.12. The standard InChI is InChI=1S/C18H20N2O2/c1-19(14-15-7-3-2-4-8-15)11-12-22-20-17-10-6-5-9-16(17)13-18(20)21/h2-10H,11-14H2,1H3. The zero-order chi connectivity index (χ0) is 15.4. The van der Waals surface area contributed by atoms with E-state index in [1.165, 1.54) is 10.6 Å². The SMILES string of the molecule is CN(CCON1C(=O)Cc2ccccc21)Cc1ccccc1. The van der Waals surface area contributed by atoms with Crippen LogP contribution in [0.1, 0.15) is 11.1 Å². The number of carbonyl (C=O) groups excluding carboxylic acids is 1. The number of likely N-dealkylation sites (N-methyl/N-ethyl adjacent to an activating group) is 1. The van der Waals surface area contributed by atoms with Crippen LogP contribution < -0.4 is 5.06 Å². The molecule has 0 saturated heterocycles. The van der Waals surface area contributed by atoms with Gasteiger partial charge in [-0.1, -0.05) is 48.5 Å². The van der Waals surface area contributed by atoms with E-state index in [4.69, 9.17) is 4.84 Å². The van der Waals surface area contributed by atoms with Crippen molar-refractivity contribution in [1.82, 2.24) is 4.90 Å². The number of fused-ring (bicyclic) bond motifs is 1. The van der Waals surface area contributed by atoms with E-state index in [0.717, 1.165) is 24.3 Å². The third kappa shape index (κ3) is 3.35. The molecule has 1 aliphatic heterocycles. The maximum atomic E-state index is 12.0. The van der Waals surface area contributed by atoms with Crippen molar-refractivity contribution in [2.24, 2.45) is 0 Å². The fourth-order valence-electron chi connectivity index (χ4n) is 2.63. The number of hydrogen-bond acceptors (Lipinski definition) is 3. The molecular weight excluding hydrogens is 276 g/mol. The highest BCUT2D eigenvalue weighted by Crippen LogP contribution is 2.28. The molecule has 0 aromatic heterocycles. The number of amides is 1. The summed E-state index contributed by atoms with van der Waals surface area (Å²) in [6, 6.07) is 18.1. The topological polar surface area (TPSA) is 32.8 Å². The summed E-state index contributed by atoms with van der Waals surface area (Å²) in [5.41, 5.74) is 3.18. The first kappa shape index (κ1) is 14.8. The van der Waals surface area contributed by atoms with Gasteiger partial charge >= 0.3 is 0 Å². The van der Waals surface area contributed by atoms with Gasteiger partial charge in [0.1, 0.15) is 0 Å². The Morgan fingerprint density at radius 2 is 1.82 bits per heavy atom. The van der Waals surface area contributed by atoms with Gasteiger partial charge in [0.25, 0.3) is 5.91 Å². The highest BCUT2D eigenvalue weighted by atomic mass is 16.7. The second-order valence-corrected chi connectivity index (χ2v) is 5.55. The Kier molecular flexibility index (Phi) is 4.51. The lowest BCUT2D eigenvalue weighted by molar-refractivity contribution is -0.124. The van der Waals surface area contributed by atoms with Gasteiger partial charge < -0.3 is 0 Å². The summed E-state index contributed by atoms with van der Waals surface area (Å²) >= 11 is 0. The van der Waals surface area contributed by atoms with E-state index in [9.17, 15) is 4.79 Å². The van der Waals surface area contributed by atoms with E-state index in [1.54, 1.807) is 0 Å². The lowest BCUT2D eigenvalue weighted by Crippen LogP contribution is -2.31. The smallest absolute Gasteiger partial charge is 0.255 e. The van der Waals surface area contributed by atoms with Gasteiger partial charge in [0.05, 0.1) is 18.7 Å². The Morgan fingerprint density at radius 1 is 1.09 bits per heavy atom. The Morgan fingerprint density at radius 3 is 2.64 bits per heavy atom. The molecule has 1 heterocycles. The fraction of sp³-hybridized carbons (Fsp3) is 0.278. The average Bonchev–Trinajstić information content (AvgIpc) is 2.84. The minimum Gasteiger partial charge on any atom is -0.300 e. The van der Waals surface area contributed by atoms with Crippen LogP contribution in [0.5, 0.6) is 0 Å². The summed E-state index contributed by atoms with van der Waals surface area (Å²) in [6.07, 6.45) is 0.427. The van der Waals surface area contributed by atoms with Crippen LogP contribution in [0.25, 0.3) is 0 Å². The van der Waals surface area contributed by atoms with Crippen molar-refractivity contribution in [3.05, 3.63) is 65.7 Å². The summed E-state index contributed by atoms with van der Waals surface area (Å²) < 4.78 is 0. The summed E-state index contributed by atoms with van der Waals surface area (Å²) in [4.78, 5) is 19.9. The molecule has 0 bridgehead atoms. The van der Waals surface area contributed by atoms with E-state index in [1.807, 2.05) is 42.5 Å². The van der Waals surface area contributed by atoms with Crippen LogP contribution in [0, 0.1) is 0 Å². The van der Waals surface area contributed by atoms with Gasteiger partial charge in [-0.3, -0.25) is 14.5 Å². The van der Waals surface area contributed by atoms with Crippen molar-refractivity contribution in [2.75, 3.05) is 25.3 Å². The molecule has 0 fully saturated rings. The summed E-state index contributed by atoms with van der Waals surface area (Å²) in [5.74, 6) is 0.00640. The highest BCUT2D eigenvalue weighted by molar-refractivity contribution is 5.99. The molecule has 1 aliphatic rings. The number of para-hydroxylation sites is 1. The van der Waals surface area contributed by atoms with E-state index < -0.39 is 0 Å². The molecular formula is C18H20N2O2. The van der Waals surface area contributed by atoms with Gasteiger partial charge in [0.2, 0.25) is 0 Å². The van der Waals surface area contributed by atoms with Gasteiger partial charge in [-0.15, -0.1) is 0 Å². The van der Waals surface area contributed by atoms with Gasteiger partial charge in [-0.05, 0) is 24.2 Å². The lowest BCUT2D eigenvalue weighted by Gasteiger charge is -2.20. The molecule has 1 amide bonds. The van der Waals surface area contributed by atoms with Crippen LogP contribution >= 0.6 is 0 Å². The molecule has 2 aromatic carbocycles. The molecule has 2 aromatic rings. The third-order valence-electron chi connectivity index (χ3n) is 3.77. The van der Waals surface area contributed by atoms with Gasteiger partial charge in [0, 0.05) is 13.1 Å². The molecule has 0 aliphatic carbocycles. The second kappa shape index (κ2) is 6.73. The highest BCUT2D eigenvalue weighted by Gasteiger charge is 2.27. The summed E-state index contributed by atoms with van der Waals surface area (Å²) in [7, 11) is 2.05. The molecule has 0 radical (unpaired) electrons. The minimum absolute atomic E-state index is 0.00640. The largest absolute Gasteiger partial charge is 0.300 e. The van der Waals surface area contributed by atoms with E-state index in [2.05, 4.69) is 24.1 Å². The van der Waals surface area contributed by atoms with E-state index in [0.29, 0.717) is 13.0 Å². The van der Waals surface area contributed by atoms with Gasteiger partial charge in [0.15, 0.2) is 0 Å². The fourth-order valence-corrected chi connectivity index (χ4v) is 2.63. The Labute approximate surface area is 130 Å². The number of nitrogens with zero attached hydrogens (tertiary/aromatic N) is 2. The van der Waals surface area contributed by atoms with Crippen molar-refractivity contribution in [3.8, 4) is 0 Å². The molecule has 0 saturated carbocycles. The summed E-state index contributed by atoms with van der Waals surface area (Å²) in [5, 5.41) is 1.44. The molecule has 0 atom stereocenters. The third-order valence-corrected chi connectivity index (χ3v) is 3.77. The number of carbonyl (C=O) groups is 1. The van der Waals surface area contributed by atoms with Crippen molar-refractivity contribution in [2.45, 2.75) is 13.0 Å². The van der Waals surface area contributed by atoms with Crippen LogP contribution in [0.15, 0.2) is 54.6 Å². The average molecular weight is 296 g/mol. The van der Waals surface area contributed by atoms with Gasteiger partial charge in [-0.25, -0.2) is 0 Å². The number of hydrogen-bond donors (Lipinski definition) is 0. The minimum atomic E-state index is 0.00640. The van der Waals surface area contributed by atoms with Crippen molar-refractivity contribution >= 4 is 11.6 Å². The van der Waals surface area contributed by atoms with Crippen LogP contribution in [0.3, 0.4) is 0 Å². The first-order chi connectivity index (χ1) is 10.7. The first-order valence-corrected chi connectivity index (χ1v) is 7.50. The first-order valence-electron chi connectivity index (χ1n) is 7.50. The number of benzene rings is 2. The Balaban J connectivity index is 1.50. The molecule has 0 N–H and O–H groups in total. The molecule has 4 heteroatoms. The van der Waals surface area contributed by atoms with E-state index >= 15 is 0 Å². The maximum Gasteiger partial charge on any atom is 0.255 e. The number of anilines is 1. The lowest BCUT2D eigenvalue weighted by atomic mass is 10.2. The van der Waals surface area contributed by atoms with Gasteiger partial charge in [-0.2, -0.15) is 5.06 Å². The van der Waals surface area contributed by atoms with Crippen LogP contribution in [0.4, 0.5) is 5.69 Å². The molecule has 3 rings (SSSR count). The zero-order valence-electron chi connectivity index (χ0n) is 12.7. The monoisotopic (exact) mass is 296 g/mol. The predicted molar refractivity (Wildman–Crippen MR) is 86.4 cm³/mol. The molecule has 4 nitrogen and oxygen atoms in total. The normalized spacial score (nSPS) is 13.7. The quantitative estimate of drug-likeness (QED) is 0.821. The second-order valence-electron chi connectivity index (χ2n) is 5.55.